The molecule has 0 fully saturated rings. The summed E-state index contributed by atoms with van der Waals surface area (Å²) < 4.78 is 5.36. The van der Waals surface area contributed by atoms with Crippen molar-refractivity contribution >= 4 is 44.0 Å². The van der Waals surface area contributed by atoms with Crippen LogP contribution < -0.4 is 8.92 Å². The molecule has 1 aliphatic heterocycles. The summed E-state index contributed by atoms with van der Waals surface area (Å²) in [5, 5.41) is 2.37. The first-order valence-electron chi connectivity index (χ1n) is 11.7. The molecule has 0 radical (unpaired) electrons. The van der Waals surface area contributed by atoms with Gasteiger partial charge in [-0.15, -0.1) is 0 Å². The molecule has 0 N–H and O–H groups in total. The second kappa shape index (κ2) is 7.15. The van der Waals surface area contributed by atoms with Crippen LogP contribution in [0.2, 0.25) is 11.5 Å². The predicted octanol–water partition coefficient (Wildman–Crippen LogP) is 6.04. The number of hydrogen-bond acceptors (Lipinski definition) is 2. The summed E-state index contributed by atoms with van der Waals surface area (Å²) in [7, 11) is 0. The van der Waals surface area contributed by atoms with Gasteiger partial charge in [-0.3, -0.25) is 0 Å². The van der Waals surface area contributed by atoms with Crippen LogP contribution in [-0.2, 0) is 0 Å². The van der Waals surface area contributed by atoms with Crippen molar-refractivity contribution in [1.82, 2.24) is 14.5 Å². The van der Waals surface area contributed by atoms with Crippen LogP contribution in [0.25, 0.3) is 50.1 Å². The van der Waals surface area contributed by atoms with Gasteiger partial charge in [0.05, 0.1) is 0 Å². The summed E-state index contributed by atoms with van der Waals surface area (Å²) in [5.74, 6) is 5.76. The average Bonchev–Trinajstić information content (AvgIpc) is 3.35. The minimum absolute atomic E-state index is 0.765. The van der Waals surface area contributed by atoms with E-state index in [1.165, 1.54) is 31.0 Å². The van der Waals surface area contributed by atoms with Crippen molar-refractivity contribution in [2.45, 2.75) is 11.5 Å². The van der Waals surface area contributed by atoms with Gasteiger partial charge in [0.1, 0.15) is 0 Å². The molecule has 3 nitrogen and oxygen atoms in total. The number of aromatic nitrogens is 3. The van der Waals surface area contributed by atoms with E-state index in [4.69, 9.17) is 9.97 Å². The number of para-hydroxylation sites is 2. The molecule has 162 valence electrons. The monoisotopic (exact) mass is 499 g/mol. The van der Waals surface area contributed by atoms with Gasteiger partial charge in [0.2, 0.25) is 0 Å². The Morgan fingerprint density at radius 1 is 0.647 bits per heavy atom. The molecule has 0 amide bonds. The van der Waals surface area contributed by atoms with Gasteiger partial charge in [0.25, 0.3) is 0 Å². The van der Waals surface area contributed by atoms with Crippen molar-refractivity contribution in [2.24, 2.45) is 0 Å². The summed E-state index contributed by atoms with van der Waals surface area (Å²) >= 11 is -2.60. The summed E-state index contributed by atoms with van der Waals surface area (Å²) in [4.78, 5) is 10.4. The van der Waals surface area contributed by atoms with Crippen LogP contribution in [0.3, 0.4) is 0 Å². The predicted molar refractivity (Wildman–Crippen MR) is 144 cm³/mol. The van der Waals surface area contributed by atoms with Crippen molar-refractivity contribution in [3.05, 3.63) is 103 Å². The first-order chi connectivity index (χ1) is 16.6. The fourth-order valence-corrected chi connectivity index (χ4v) is 12.6. The minimum atomic E-state index is -2.60. The molecule has 0 aliphatic carbocycles. The molecule has 0 unspecified atom stereocenters. The zero-order valence-corrected chi connectivity index (χ0v) is 21.3. The van der Waals surface area contributed by atoms with Crippen molar-refractivity contribution in [3.8, 4) is 28.3 Å². The molecule has 6 aromatic rings. The number of nitrogens with zero attached hydrogens (tertiary/aromatic N) is 3. The Hall–Kier alpha value is -3.70. The number of hydrogen-bond donors (Lipinski definition) is 0. The Balaban J connectivity index is 1.62. The first-order valence-corrected chi connectivity index (χ1v) is 18.0. The van der Waals surface area contributed by atoms with E-state index in [2.05, 4.69) is 113 Å². The molecule has 34 heavy (non-hydrogen) atoms. The molecule has 0 spiro atoms. The molecule has 0 atom stereocenters. The van der Waals surface area contributed by atoms with Crippen LogP contribution >= 0.6 is 0 Å². The third-order valence-corrected chi connectivity index (χ3v) is 14.4. The molecular weight excluding hydrogens is 475 g/mol. The third-order valence-electron chi connectivity index (χ3n) is 7.18. The van der Waals surface area contributed by atoms with Gasteiger partial charge in [0, 0.05) is 0 Å². The summed E-state index contributed by atoms with van der Waals surface area (Å²) in [5.41, 5.74) is 7.03. The van der Waals surface area contributed by atoms with E-state index < -0.39 is 13.3 Å². The molecular formula is C30H23GeN3. The first kappa shape index (κ1) is 19.7. The van der Waals surface area contributed by atoms with Gasteiger partial charge in [-0.25, -0.2) is 0 Å². The topological polar surface area (TPSA) is 30.7 Å². The summed E-state index contributed by atoms with van der Waals surface area (Å²) in [6.07, 6.45) is 0. The van der Waals surface area contributed by atoms with E-state index in [-0.39, 0.29) is 0 Å². The molecule has 0 saturated carbocycles. The Morgan fingerprint density at radius 2 is 1.32 bits per heavy atom. The molecule has 7 rings (SSSR count). The van der Waals surface area contributed by atoms with Crippen molar-refractivity contribution in [3.63, 3.8) is 0 Å². The van der Waals surface area contributed by atoms with E-state index in [9.17, 15) is 0 Å². The zero-order valence-electron chi connectivity index (χ0n) is 19.2. The molecule has 4 heteroatoms. The molecule has 4 aromatic carbocycles. The van der Waals surface area contributed by atoms with E-state index >= 15 is 0 Å². The SMILES string of the molecule is [CH3][Ge]1([CH3])[c]2ccccc2-c2[c]1n(-c1nc(-c3ccccc3)c3ccccc3n1)c1ccccc21. The standard InChI is InChI=1S/C30H23GeN3/c1-31(2)24-17-9-6-14-21(24)27-23-16-8-11-19-26(23)34(29(27)31)30-32-25-18-10-7-15-22(25)28(33-30)20-12-4-3-5-13-20/h3-19H,1-2H3. The Kier molecular flexibility index (Phi) is 4.15. The van der Waals surface area contributed by atoms with Gasteiger partial charge >= 0.3 is 202 Å². The molecule has 0 saturated heterocycles. The quantitative estimate of drug-likeness (QED) is 0.273. The second-order valence-corrected chi connectivity index (χ2v) is 18.4. The molecule has 0 bridgehead atoms. The van der Waals surface area contributed by atoms with Gasteiger partial charge in [0.15, 0.2) is 0 Å². The average molecular weight is 498 g/mol. The van der Waals surface area contributed by atoms with Crippen LogP contribution in [0.5, 0.6) is 0 Å². The van der Waals surface area contributed by atoms with Gasteiger partial charge in [-0.2, -0.15) is 0 Å². The van der Waals surface area contributed by atoms with Gasteiger partial charge in [-0.05, 0) is 0 Å². The van der Waals surface area contributed by atoms with Crippen molar-refractivity contribution in [1.29, 1.82) is 0 Å². The van der Waals surface area contributed by atoms with E-state index in [0.29, 0.717) is 0 Å². The van der Waals surface area contributed by atoms with Crippen LogP contribution in [0, 0.1) is 0 Å². The third kappa shape index (κ3) is 2.65. The van der Waals surface area contributed by atoms with E-state index in [0.717, 1.165) is 28.1 Å². The van der Waals surface area contributed by atoms with Gasteiger partial charge < -0.3 is 0 Å². The molecule has 1 aliphatic rings. The van der Waals surface area contributed by atoms with Crippen LogP contribution in [0.1, 0.15) is 0 Å². The zero-order chi connectivity index (χ0) is 22.9. The van der Waals surface area contributed by atoms with E-state index in [1.54, 1.807) is 0 Å². The van der Waals surface area contributed by atoms with Gasteiger partial charge in [-0.1, -0.05) is 0 Å². The molecule has 3 heterocycles. The maximum atomic E-state index is 5.25. The molecule has 2 aromatic heterocycles. The van der Waals surface area contributed by atoms with Crippen molar-refractivity contribution < 1.29 is 0 Å². The Labute approximate surface area is 201 Å². The number of benzene rings is 4. The normalized spacial score (nSPS) is 13.8. The maximum absolute atomic E-state index is 5.25. The fraction of sp³-hybridized carbons (Fsp3) is 0.0667. The number of fused-ring (bicyclic) bond motifs is 6. The summed E-state index contributed by atoms with van der Waals surface area (Å²) in [6.45, 7) is 0. The van der Waals surface area contributed by atoms with Crippen molar-refractivity contribution in [2.75, 3.05) is 0 Å². The fourth-order valence-electron chi connectivity index (χ4n) is 5.67. The van der Waals surface area contributed by atoms with Crippen LogP contribution in [0.4, 0.5) is 0 Å². The van der Waals surface area contributed by atoms with Crippen LogP contribution in [0.15, 0.2) is 103 Å². The second-order valence-electron chi connectivity index (χ2n) is 9.50. The summed E-state index contributed by atoms with van der Waals surface area (Å²) in [6, 6.07) is 36.5. The van der Waals surface area contributed by atoms with Crippen LogP contribution in [-0.4, -0.2) is 27.8 Å². The Morgan fingerprint density at radius 3 is 2.18 bits per heavy atom. The number of rotatable bonds is 2. The van der Waals surface area contributed by atoms with E-state index in [1.807, 2.05) is 6.07 Å². The Bertz CT molecular complexity index is 1730.